The Hall–Kier alpha value is -0.860. The average Bonchev–Trinajstić information content (AvgIpc) is 2.15. The molecule has 2 heteroatoms. The summed E-state index contributed by atoms with van der Waals surface area (Å²) in [5.41, 5.74) is 3.27. The van der Waals surface area contributed by atoms with Crippen LogP contribution in [0.4, 0.5) is 0 Å². The van der Waals surface area contributed by atoms with Gasteiger partial charge in [-0.25, -0.2) is 0 Å². The molecule has 0 fully saturated rings. The Morgan fingerprint density at radius 2 is 1.69 bits per heavy atom. The molecule has 0 aliphatic heterocycles. The summed E-state index contributed by atoms with van der Waals surface area (Å²) < 4.78 is 0. The van der Waals surface area contributed by atoms with Crippen LogP contribution in [0.3, 0.4) is 0 Å². The maximum atomic E-state index is 9.61. The summed E-state index contributed by atoms with van der Waals surface area (Å²) in [5, 5.41) is 13.0. The summed E-state index contributed by atoms with van der Waals surface area (Å²) in [7, 11) is 0. The van der Waals surface area contributed by atoms with E-state index in [0.717, 1.165) is 5.56 Å². The molecule has 0 aromatic heterocycles. The van der Waals surface area contributed by atoms with Crippen molar-refractivity contribution in [2.45, 2.75) is 46.2 Å². The van der Waals surface area contributed by atoms with E-state index in [9.17, 15) is 5.11 Å². The lowest BCUT2D eigenvalue weighted by Gasteiger charge is -2.32. The molecule has 1 rings (SSSR count). The van der Waals surface area contributed by atoms with Crippen molar-refractivity contribution in [3.8, 4) is 0 Å². The van der Waals surface area contributed by atoms with Gasteiger partial charge in [0.15, 0.2) is 0 Å². The number of aliphatic hydroxyl groups is 1. The van der Waals surface area contributed by atoms with Crippen molar-refractivity contribution in [1.29, 1.82) is 0 Å². The molecule has 2 nitrogen and oxygen atoms in total. The normalized spacial score (nSPS) is 15.2. The van der Waals surface area contributed by atoms with Crippen LogP contribution in [0.1, 0.15) is 37.5 Å². The lowest BCUT2D eigenvalue weighted by Crippen LogP contribution is -2.46. The fourth-order valence-electron chi connectivity index (χ4n) is 2.15. The van der Waals surface area contributed by atoms with Crippen LogP contribution in [0.15, 0.2) is 18.2 Å². The van der Waals surface area contributed by atoms with Crippen LogP contribution in [0.2, 0.25) is 0 Å². The quantitative estimate of drug-likeness (QED) is 0.819. The highest BCUT2D eigenvalue weighted by Crippen LogP contribution is 2.23. The predicted molar refractivity (Wildman–Crippen MR) is 68.6 cm³/mol. The van der Waals surface area contributed by atoms with E-state index in [2.05, 4.69) is 51.2 Å². The molecule has 0 aliphatic carbocycles. The molecule has 1 unspecified atom stereocenters. The van der Waals surface area contributed by atoms with Gasteiger partial charge in [0.05, 0.1) is 12.1 Å². The Kier molecular flexibility index (Phi) is 4.11. The van der Waals surface area contributed by atoms with Crippen molar-refractivity contribution in [3.05, 3.63) is 34.9 Å². The van der Waals surface area contributed by atoms with Crippen LogP contribution >= 0.6 is 0 Å². The van der Waals surface area contributed by atoms with E-state index >= 15 is 0 Å². The zero-order valence-corrected chi connectivity index (χ0v) is 11.0. The molecule has 0 spiro atoms. The second-order valence-electron chi connectivity index (χ2n) is 5.17. The minimum absolute atomic E-state index is 0.105. The summed E-state index contributed by atoms with van der Waals surface area (Å²) in [4.78, 5) is 0. The smallest absolute Gasteiger partial charge is 0.0652 e. The lowest BCUT2D eigenvalue weighted by molar-refractivity contribution is 0.166. The molecule has 16 heavy (non-hydrogen) atoms. The Labute approximate surface area is 98.7 Å². The molecule has 0 saturated carbocycles. The van der Waals surface area contributed by atoms with Gasteiger partial charge in [0.25, 0.3) is 0 Å². The van der Waals surface area contributed by atoms with Gasteiger partial charge < -0.3 is 10.4 Å². The van der Waals surface area contributed by atoms with Crippen LogP contribution < -0.4 is 5.32 Å². The van der Waals surface area contributed by atoms with Crippen LogP contribution in [-0.4, -0.2) is 17.8 Å². The standard InChI is InChI=1S/C14H23NO/c1-10(2)15-14(5,9-16)13-7-11(3)6-12(4)8-13/h6-8,10,15-16H,9H2,1-5H3. The average molecular weight is 221 g/mol. The van der Waals surface area contributed by atoms with Crippen LogP contribution in [0, 0.1) is 13.8 Å². The van der Waals surface area contributed by atoms with Crippen molar-refractivity contribution < 1.29 is 5.11 Å². The molecule has 1 aromatic rings. The summed E-state index contributed by atoms with van der Waals surface area (Å²) in [5.74, 6) is 0. The van der Waals surface area contributed by atoms with Gasteiger partial charge in [0.1, 0.15) is 0 Å². The first-order valence-electron chi connectivity index (χ1n) is 5.85. The molecule has 0 aliphatic rings. The zero-order valence-electron chi connectivity index (χ0n) is 11.0. The number of benzene rings is 1. The number of hydrogen-bond donors (Lipinski definition) is 2. The monoisotopic (exact) mass is 221 g/mol. The fraction of sp³-hybridized carbons (Fsp3) is 0.571. The number of rotatable bonds is 4. The molecule has 1 atom stereocenters. The van der Waals surface area contributed by atoms with Gasteiger partial charge in [-0.1, -0.05) is 29.3 Å². The van der Waals surface area contributed by atoms with Crippen LogP contribution in [0.25, 0.3) is 0 Å². The highest BCUT2D eigenvalue weighted by atomic mass is 16.3. The largest absolute Gasteiger partial charge is 0.394 e. The summed E-state index contributed by atoms with van der Waals surface area (Å²) in [6.07, 6.45) is 0. The minimum atomic E-state index is -0.356. The van der Waals surface area contributed by atoms with Crippen LogP contribution in [0.5, 0.6) is 0 Å². The molecule has 0 bridgehead atoms. The van der Waals surface area contributed by atoms with Crippen molar-refractivity contribution in [2.75, 3.05) is 6.61 Å². The van der Waals surface area contributed by atoms with E-state index in [4.69, 9.17) is 0 Å². The Morgan fingerprint density at radius 1 is 1.19 bits per heavy atom. The topological polar surface area (TPSA) is 32.3 Å². The second-order valence-corrected chi connectivity index (χ2v) is 5.17. The van der Waals surface area contributed by atoms with Crippen molar-refractivity contribution in [3.63, 3.8) is 0 Å². The predicted octanol–water partition coefficient (Wildman–Crippen LogP) is 2.51. The van der Waals surface area contributed by atoms with Gasteiger partial charge in [-0.3, -0.25) is 0 Å². The third kappa shape index (κ3) is 3.06. The van der Waals surface area contributed by atoms with E-state index in [1.54, 1.807) is 0 Å². The maximum absolute atomic E-state index is 9.61. The maximum Gasteiger partial charge on any atom is 0.0652 e. The van der Waals surface area contributed by atoms with Crippen molar-refractivity contribution in [1.82, 2.24) is 5.32 Å². The second kappa shape index (κ2) is 4.98. The highest BCUT2D eigenvalue weighted by Gasteiger charge is 2.26. The molecule has 0 amide bonds. The Bertz CT molecular complexity index is 340. The minimum Gasteiger partial charge on any atom is -0.394 e. The highest BCUT2D eigenvalue weighted by molar-refractivity contribution is 5.33. The SMILES string of the molecule is Cc1cc(C)cc(C(C)(CO)NC(C)C)c1. The van der Waals surface area contributed by atoms with Gasteiger partial charge in [0, 0.05) is 6.04 Å². The van der Waals surface area contributed by atoms with Crippen molar-refractivity contribution in [2.24, 2.45) is 0 Å². The van der Waals surface area contributed by atoms with E-state index in [0.29, 0.717) is 6.04 Å². The fourth-order valence-corrected chi connectivity index (χ4v) is 2.15. The van der Waals surface area contributed by atoms with E-state index in [1.165, 1.54) is 11.1 Å². The molecule has 0 saturated heterocycles. The molecular weight excluding hydrogens is 198 g/mol. The Morgan fingerprint density at radius 3 is 2.06 bits per heavy atom. The van der Waals surface area contributed by atoms with Gasteiger partial charge in [-0.2, -0.15) is 0 Å². The van der Waals surface area contributed by atoms with Crippen molar-refractivity contribution >= 4 is 0 Å². The zero-order chi connectivity index (χ0) is 12.3. The first kappa shape index (κ1) is 13.2. The Balaban J connectivity index is 3.11. The van der Waals surface area contributed by atoms with Gasteiger partial charge in [-0.15, -0.1) is 0 Å². The van der Waals surface area contributed by atoms with E-state index in [-0.39, 0.29) is 12.1 Å². The summed E-state index contributed by atoms with van der Waals surface area (Å²) >= 11 is 0. The number of aliphatic hydroxyl groups excluding tert-OH is 1. The molecule has 0 heterocycles. The molecule has 1 aromatic carbocycles. The van der Waals surface area contributed by atoms with Crippen LogP contribution in [-0.2, 0) is 5.54 Å². The number of nitrogens with one attached hydrogen (secondary N) is 1. The first-order chi connectivity index (χ1) is 7.37. The van der Waals surface area contributed by atoms with E-state index in [1.807, 2.05) is 6.92 Å². The first-order valence-corrected chi connectivity index (χ1v) is 5.85. The van der Waals surface area contributed by atoms with E-state index < -0.39 is 0 Å². The van der Waals surface area contributed by atoms with Gasteiger partial charge in [0.2, 0.25) is 0 Å². The molecule has 0 radical (unpaired) electrons. The molecule has 90 valence electrons. The summed E-state index contributed by atoms with van der Waals surface area (Å²) in [6, 6.07) is 6.77. The molecule has 2 N–H and O–H groups in total. The third-order valence-electron chi connectivity index (χ3n) is 2.78. The number of aryl methyl sites for hydroxylation is 2. The van der Waals surface area contributed by atoms with Gasteiger partial charge in [-0.05, 0) is 40.2 Å². The summed E-state index contributed by atoms with van der Waals surface area (Å²) in [6.45, 7) is 10.5. The third-order valence-corrected chi connectivity index (χ3v) is 2.78. The van der Waals surface area contributed by atoms with Gasteiger partial charge >= 0.3 is 0 Å². The lowest BCUT2D eigenvalue weighted by atomic mass is 9.89. The number of hydrogen-bond acceptors (Lipinski definition) is 2. The molecular formula is C14H23NO.